The van der Waals surface area contributed by atoms with Gasteiger partial charge in [0.25, 0.3) is 0 Å². The van der Waals surface area contributed by atoms with Crippen LogP contribution in [-0.2, 0) is 0 Å². The van der Waals surface area contributed by atoms with Gasteiger partial charge in [-0.2, -0.15) is 0 Å². The first kappa shape index (κ1) is 23.1. The van der Waals surface area contributed by atoms with Crippen LogP contribution in [0.4, 0.5) is 0 Å². The Labute approximate surface area is 181 Å². The van der Waals surface area contributed by atoms with E-state index in [4.69, 9.17) is 4.74 Å². The fraction of sp³-hybridized carbons (Fsp3) is 0.458. The van der Waals surface area contributed by atoms with Crippen molar-refractivity contribution < 1.29 is 4.74 Å². The summed E-state index contributed by atoms with van der Waals surface area (Å²) in [7, 11) is 0. The van der Waals surface area contributed by atoms with Crippen LogP contribution in [0.1, 0.15) is 70.4 Å². The zero-order valence-corrected chi connectivity index (χ0v) is 18.3. The van der Waals surface area contributed by atoms with Crippen molar-refractivity contribution in [1.29, 1.82) is 0 Å². The quantitative estimate of drug-likeness (QED) is 0.330. The monoisotopic (exact) mass is 415 g/mol. The zero-order chi connectivity index (χ0) is 19.4. The second-order valence-corrected chi connectivity index (χ2v) is 7.43. The average Bonchev–Trinajstić information content (AvgIpc) is 3.45. The number of hydrogen-bond acceptors (Lipinski definition) is 2. The average molecular weight is 416 g/mol. The van der Waals surface area contributed by atoms with Crippen molar-refractivity contribution in [3.63, 3.8) is 0 Å². The van der Waals surface area contributed by atoms with Gasteiger partial charge in [0.15, 0.2) is 0 Å². The van der Waals surface area contributed by atoms with Crippen LogP contribution in [0.5, 0.6) is 5.75 Å². The van der Waals surface area contributed by atoms with Gasteiger partial charge in [0, 0.05) is 18.5 Å². The maximum atomic E-state index is 6.12. The second kappa shape index (κ2) is 13.1. The predicted octanol–water partition coefficient (Wildman–Crippen LogP) is 7.32. The summed E-state index contributed by atoms with van der Waals surface area (Å²) >= 11 is 0. The largest absolute Gasteiger partial charge is 0.491 e. The van der Waals surface area contributed by atoms with Crippen molar-refractivity contribution in [3.05, 3.63) is 47.9 Å². The van der Waals surface area contributed by atoms with E-state index in [1.54, 1.807) is 0 Å². The van der Waals surface area contributed by atoms with E-state index in [1.807, 2.05) is 36.7 Å². The molecule has 158 valence electrons. The molecule has 2 aromatic rings. The summed E-state index contributed by atoms with van der Waals surface area (Å²) in [5.41, 5.74) is 4.00. The van der Waals surface area contributed by atoms with Crippen LogP contribution in [0, 0.1) is 0 Å². The molecule has 29 heavy (non-hydrogen) atoms. The van der Waals surface area contributed by atoms with E-state index in [0.29, 0.717) is 0 Å². The molecular formula is C24H34ClN3O. The minimum atomic E-state index is 0. The number of halogens is 1. The standard InChI is InChI=1S/C24H33N3O.ClH/c1-2-3-4-5-6-7-8-9-10-17-28-24-19-22(21-14-12-16-26-21)27-23(24)18-20-13-11-15-25-20;/h11-16,18-19,26-27H,2-10,17H2,1H3;1H. The van der Waals surface area contributed by atoms with E-state index >= 15 is 0 Å². The highest BCUT2D eigenvalue weighted by atomic mass is 35.5. The fourth-order valence-electron chi connectivity index (χ4n) is 3.46. The number of hydrogen-bond donors (Lipinski definition) is 2. The Hall–Kier alpha value is -2.20. The van der Waals surface area contributed by atoms with E-state index in [1.165, 1.54) is 51.4 Å². The molecule has 2 N–H and O–H groups in total. The van der Waals surface area contributed by atoms with Gasteiger partial charge in [-0.25, -0.2) is 0 Å². The molecule has 0 unspecified atom stereocenters. The molecule has 3 rings (SSSR count). The Bertz CT molecular complexity index is 773. The number of aromatic nitrogens is 2. The van der Waals surface area contributed by atoms with Gasteiger partial charge in [0.05, 0.1) is 29.4 Å². The van der Waals surface area contributed by atoms with Crippen LogP contribution in [0.3, 0.4) is 0 Å². The second-order valence-electron chi connectivity index (χ2n) is 7.43. The summed E-state index contributed by atoms with van der Waals surface area (Å²) in [5.74, 6) is 0.896. The third-order valence-corrected chi connectivity index (χ3v) is 5.07. The zero-order valence-electron chi connectivity index (χ0n) is 17.5. The Balaban J connectivity index is 0.00000300. The van der Waals surface area contributed by atoms with Crippen LogP contribution in [0.25, 0.3) is 17.5 Å². The van der Waals surface area contributed by atoms with Crippen molar-refractivity contribution in [2.45, 2.75) is 64.7 Å². The SMILES string of the molecule is CCCCCCCCCCCOc1cc(-c2ccc[nH]2)[nH]c1C=C1C=CC=N1.Cl. The molecule has 0 atom stereocenters. The number of aromatic amines is 2. The lowest BCUT2D eigenvalue weighted by Gasteiger charge is -2.06. The van der Waals surface area contributed by atoms with Gasteiger partial charge >= 0.3 is 0 Å². The Morgan fingerprint density at radius 3 is 2.41 bits per heavy atom. The summed E-state index contributed by atoms with van der Waals surface area (Å²) < 4.78 is 6.12. The minimum Gasteiger partial charge on any atom is -0.491 e. The first-order valence-electron chi connectivity index (χ1n) is 10.8. The lowest BCUT2D eigenvalue weighted by molar-refractivity contribution is 0.304. The summed E-state index contributed by atoms with van der Waals surface area (Å²) in [6, 6.07) is 6.14. The topological polar surface area (TPSA) is 53.2 Å². The maximum absolute atomic E-state index is 6.12. The highest BCUT2D eigenvalue weighted by molar-refractivity contribution is 5.85. The van der Waals surface area contributed by atoms with E-state index in [0.717, 1.165) is 41.6 Å². The molecule has 3 heterocycles. The van der Waals surface area contributed by atoms with Crippen LogP contribution >= 0.6 is 12.4 Å². The molecule has 0 amide bonds. The highest BCUT2D eigenvalue weighted by Gasteiger charge is 2.11. The summed E-state index contributed by atoms with van der Waals surface area (Å²) in [6.45, 7) is 3.03. The Morgan fingerprint density at radius 2 is 1.76 bits per heavy atom. The Morgan fingerprint density at radius 1 is 1.00 bits per heavy atom. The van der Waals surface area contributed by atoms with E-state index in [2.05, 4.69) is 34.0 Å². The minimum absolute atomic E-state index is 0. The number of ether oxygens (including phenoxy) is 1. The van der Waals surface area contributed by atoms with E-state index < -0.39 is 0 Å². The molecule has 0 bridgehead atoms. The molecular weight excluding hydrogens is 382 g/mol. The molecule has 1 aliphatic rings. The normalized spacial score (nSPS) is 13.9. The van der Waals surface area contributed by atoms with E-state index in [-0.39, 0.29) is 12.4 Å². The number of nitrogens with zero attached hydrogens (tertiary/aromatic N) is 1. The molecule has 1 aliphatic heterocycles. The summed E-state index contributed by atoms with van der Waals surface area (Å²) in [5, 5.41) is 0. The van der Waals surface area contributed by atoms with Crippen molar-refractivity contribution in [1.82, 2.24) is 9.97 Å². The Kier molecular flexibility index (Phi) is 10.4. The van der Waals surface area contributed by atoms with Gasteiger partial charge < -0.3 is 14.7 Å². The van der Waals surface area contributed by atoms with Gasteiger partial charge in [-0.05, 0) is 36.8 Å². The van der Waals surface area contributed by atoms with Gasteiger partial charge in [0.2, 0.25) is 0 Å². The number of rotatable bonds is 13. The molecule has 0 aliphatic carbocycles. The molecule has 5 heteroatoms. The predicted molar refractivity (Wildman–Crippen MR) is 126 cm³/mol. The molecule has 0 saturated heterocycles. The molecule has 0 saturated carbocycles. The smallest absolute Gasteiger partial charge is 0.144 e. The molecule has 4 nitrogen and oxygen atoms in total. The third kappa shape index (κ3) is 7.62. The highest BCUT2D eigenvalue weighted by Crippen LogP contribution is 2.29. The van der Waals surface area contributed by atoms with Gasteiger partial charge in [0.1, 0.15) is 5.75 Å². The van der Waals surface area contributed by atoms with Crippen molar-refractivity contribution in [2.75, 3.05) is 6.61 Å². The van der Waals surface area contributed by atoms with E-state index in [9.17, 15) is 0 Å². The molecule has 0 radical (unpaired) electrons. The number of aliphatic imine (C=N–C) groups is 1. The molecule has 0 fully saturated rings. The van der Waals surface area contributed by atoms with Gasteiger partial charge in [-0.15, -0.1) is 12.4 Å². The molecule has 2 aromatic heterocycles. The van der Waals surface area contributed by atoms with Gasteiger partial charge in [-0.3, -0.25) is 4.99 Å². The maximum Gasteiger partial charge on any atom is 0.144 e. The first-order valence-corrected chi connectivity index (χ1v) is 10.8. The van der Waals surface area contributed by atoms with Crippen molar-refractivity contribution in [2.24, 2.45) is 4.99 Å². The van der Waals surface area contributed by atoms with Crippen LogP contribution in [-0.4, -0.2) is 22.8 Å². The number of nitrogens with one attached hydrogen (secondary N) is 2. The lowest BCUT2D eigenvalue weighted by Crippen LogP contribution is -1.97. The third-order valence-electron chi connectivity index (χ3n) is 5.07. The summed E-state index contributed by atoms with van der Waals surface area (Å²) in [6.07, 6.45) is 21.6. The lowest BCUT2D eigenvalue weighted by atomic mass is 10.1. The first-order chi connectivity index (χ1) is 13.9. The van der Waals surface area contributed by atoms with Crippen molar-refractivity contribution >= 4 is 24.7 Å². The fourth-order valence-corrected chi connectivity index (χ4v) is 3.46. The van der Waals surface area contributed by atoms with Crippen LogP contribution in [0.2, 0.25) is 0 Å². The van der Waals surface area contributed by atoms with Gasteiger partial charge in [-0.1, -0.05) is 58.3 Å². The number of unbranched alkanes of at least 4 members (excludes halogenated alkanes) is 8. The van der Waals surface area contributed by atoms with Crippen molar-refractivity contribution in [3.8, 4) is 17.1 Å². The molecule has 0 spiro atoms. The molecule has 0 aromatic carbocycles. The number of H-pyrrole nitrogens is 2. The van der Waals surface area contributed by atoms with Crippen LogP contribution in [0.15, 0.2) is 47.2 Å². The van der Waals surface area contributed by atoms with Crippen LogP contribution < -0.4 is 4.74 Å². The summed E-state index contributed by atoms with van der Waals surface area (Å²) in [4.78, 5) is 11.0. The number of allylic oxidation sites excluding steroid dienone is 2.